The van der Waals surface area contributed by atoms with Gasteiger partial charge in [0.05, 0.1) is 35.4 Å². The summed E-state index contributed by atoms with van der Waals surface area (Å²) in [7, 11) is -1.99. The Kier molecular flexibility index (Phi) is 8.13. The number of anilines is 2. The minimum absolute atomic E-state index is 0.104. The highest BCUT2D eigenvalue weighted by atomic mass is 32.2. The number of alkyl halides is 3. The molecular formula is C27H31F3N4O3S. The average molecular weight is 549 g/mol. The first kappa shape index (κ1) is 27.7. The summed E-state index contributed by atoms with van der Waals surface area (Å²) in [4.78, 5) is 0.113. The number of ether oxygens (including phenoxy) is 1. The molecule has 2 aromatic carbocycles. The molecular weight excluding hydrogens is 517 g/mol. The lowest BCUT2D eigenvalue weighted by atomic mass is 9.91. The Morgan fingerprint density at radius 3 is 2.63 bits per heavy atom. The van der Waals surface area contributed by atoms with Crippen molar-refractivity contribution in [3.63, 3.8) is 0 Å². The third kappa shape index (κ3) is 6.74. The number of nitrogens with one attached hydrogen (secondary N) is 2. The largest absolute Gasteiger partial charge is 0.495 e. The number of methoxy groups -OCH3 is 1. The highest BCUT2D eigenvalue weighted by Gasteiger charge is 2.30. The highest BCUT2D eigenvalue weighted by Crippen LogP contribution is 2.32. The SMILES string of the molecule is COc1cc(S(C)(=O)=O)ccc1NCC#Cc1cc2c(N[C@H]3CCC[C@H](N)C3)cccc2n1CC(F)(F)F. The third-order valence-corrected chi connectivity index (χ3v) is 7.65. The van der Waals surface area contributed by atoms with E-state index in [4.69, 9.17) is 10.5 Å². The van der Waals surface area contributed by atoms with E-state index >= 15 is 0 Å². The molecule has 4 rings (SSSR count). The summed E-state index contributed by atoms with van der Waals surface area (Å²) >= 11 is 0. The van der Waals surface area contributed by atoms with Gasteiger partial charge in [0, 0.05) is 35.5 Å². The Hall–Kier alpha value is -3.36. The fraction of sp³-hybridized carbons (Fsp3) is 0.407. The predicted molar refractivity (Wildman–Crippen MR) is 143 cm³/mol. The van der Waals surface area contributed by atoms with Crippen molar-refractivity contribution in [1.29, 1.82) is 0 Å². The first-order chi connectivity index (χ1) is 17.9. The Morgan fingerprint density at radius 1 is 1.16 bits per heavy atom. The van der Waals surface area contributed by atoms with Crippen molar-refractivity contribution in [1.82, 2.24) is 4.57 Å². The van der Waals surface area contributed by atoms with Crippen LogP contribution in [0.15, 0.2) is 47.4 Å². The fourth-order valence-corrected chi connectivity index (χ4v) is 5.40. The number of nitrogens with zero attached hydrogens (tertiary/aromatic N) is 1. The van der Waals surface area contributed by atoms with E-state index in [2.05, 4.69) is 22.5 Å². The summed E-state index contributed by atoms with van der Waals surface area (Å²) in [5.41, 5.74) is 8.09. The van der Waals surface area contributed by atoms with Gasteiger partial charge in [0.25, 0.3) is 0 Å². The molecule has 1 heterocycles. The van der Waals surface area contributed by atoms with Gasteiger partial charge < -0.3 is 25.7 Å². The van der Waals surface area contributed by atoms with Gasteiger partial charge in [-0.2, -0.15) is 13.2 Å². The molecule has 1 aromatic heterocycles. The molecule has 0 amide bonds. The van der Waals surface area contributed by atoms with Crippen LogP contribution < -0.4 is 21.1 Å². The Balaban J connectivity index is 1.60. The summed E-state index contributed by atoms with van der Waals surface area (Å²) < 4.78 is 70.5. The molecule has 38 heavy (non-hydrogen) atoms. The second-order valence-electron chi connectivity index (χ2n) is 9.53. The van der Waals surface area contributed by atoms with E-state index in [9.17, 15) is 21.6 Å². The van der Waals surface area contributed by atoms with Gasteiger partial charge in [-0.25, -0.2) is 8.42 Å². The number of hydrogen-bond acceptors (Lipinski definition) is 6. The molecule has 4 N–H and O–H groups in total. The molecule has 3 aromatic rings. The van der Waals surface area contributed by atoms with E-state index < -0.39 is 22.6 Å². The van der Waals surface area contributed by atoms with Crippen LogP contribution >= 0.6 is 0 Å². The third-order valence-electron chi connectivity index (χ3n) is 6.54. The second-order valence-corrected chi connectivity index (χ2v) is 11.5. The van der Waals surface area contributed by atoms with Crippen LogP contribution in [0.25, 0.3) is 10.9 Å². The van der Waals surface area contributed by atoms with E-state index in [1.54, 1.807) is 24.3 Å². The topological polar surface area (TPSA) is 98.4 Å². The zero-order valence-electron chi connectivity index (χ0n) is 21.2. The highest BCUT2D eigenvalue weighted by molar-refractivity contribution is 7.90. The van der Waals surface area contributed by atoms with E-state index in [1.807, 2.05) is 6.07 Å². The zero-order chi connectivity index (χ0) is 27.5. The molecule has 0 saturated heterocycles. The minimum atomic E-state index is -4.42. The number of rotatable bonds is 7. The summed E-state index contributed by atoms with van der Waals surface area (Å²) in [5.74, 6) is 6.07. The molecule has 11 heteroatoms. The molecule has 1 saturated carbocycles. The lowest BCUT2D eigenvalue weighted by Crippen LogP contribution is -2.34. The fourth-order valence-electron chi connectivity index (χ4n) is 4.76. The van der Waals surface area contributed by atoms with E-state index in [0.717, 1.165) is 37.6 Å². The smallest absolute Gasteiger partial charge is 0.406 e. The lowest BCUT2D eigenvalue weighted by molar-refractivity contribution is -0.140. The molecule has 0 radical (unpaired) electrons. The Bertz CT molecular complexity index is 1470. The average Bonchev–Trinajstić information content (AvgIpc) is 3.18. The summed E-state index contributed by atoms with van der Waals surface area (Å²) in [6, 6.07) is 11.6. The number of nitrogens with two attached hydrogens (primary N) is 1. The van der Waals surface area contributed by atoms with Crippen LogP contribution in [0, 0.1) is 11.8 Å². The van der Waals surface area contributed by atoms with Gasteiger partial charge in [-0.3, -0.25) is 0 Å². The maximum Gasteiger partial charge on any atom is 0.406 e. The molecule has 0 aliphatic heterocycles. The quantitative estimate of drug-likeness (QED) is 0.369. The van der Waals surface area contributed by atoms with Gasteiger partial charge in [-0.05, 0) is 61.9 Å². The van der Waals surface area contributed by atoms with E-state index in [1.165, 1.54) is 23.8 Å². The van der Waals surface area contributed by atoms with Gasteiger partial charge in [-0.15, -0.1) is 0 Å². The number of benzene rings is 2. The summed E-state index contributed by atoms with van der Waals surface area (Å²) in [6.45, 7) is -1.06. The van der Waals surface area contributed by atoms with Crippen LogP contribution in [0.1, 0.15) is 31.4 Å². The van der Waals surface area contributed by atoms with Crippen molar-refractivity contribution in [2.75, 3.05) is 30.5 Å². The van der Waals surface area contributed by atoms with Crippen LogP contribution in [-0.4, -0.2) is 51.2 Å². The standard InChI is InChI=1S/C27H31F3N4O3S/c1-37-26-16-21(38(2,35)36)11-12-24(26)32-13-5-8-20-15-22-23(33-19-7-3-6-18(31)14-19)9-4-10-25(22)34(20)17-27(28,29)30/h4,9-12,15-16,18-19,32-33H,3,6-7,13-14,17,31H2,1-2H3/t18-,19-/m0/s1. The first-order valence-electron chi connectivity index (χ1n) is 12.3. The molecule has 1 fully saturated rings. The molecule has 204 valence electrons. The molecule has 0 spiro atoms. The van der Waals surface area contributed by atoms with Crippen LogP contribution in [0.2, 0.25) is 0 Å². The molecule has 7 nitrogen and oxygen atoms in total. The lowest BCUT2D eigenvalue weighted by Gasteiger charge is -2.28. The number of sulfone groups is 1. The molecule has 0 bridgehead atoms. The zero-order valence-corrected chi connectivity index (χ0v) is 22.0. The maximum atomic E-state index is 13.5. The number of halogens is 3. The summed E-state index contributed by atoms with van der Waals surface area (Å²) in [5, 5.41) is 7.19. The Labute approximate surface area is 220 Å². The van der Waals surface area contributed by atoms with Crippen molar-refractivity contribution < 1.29 is 26.3 Å². The summed E-state index contributed by atoms with van der Waals surface area (Å²) in [6.07, 6.45) is 0.439. The van der Waals surface area contributed by atoms with Crippen LogP contribution in [0.3, 0.4) is 0 Å². The number of aromatic nitrogens is 1. The number of fused-ring (bicyclic) bond motifs is 1. The van der Waals surface area contributed by atoms with Crippen LogP contribution in [0.5, 0.6) is 5.75 Å². The van der Waals surface area contributed by atoms with Crippen LogP contribution in [0.4, 0.5) is 24.5 Å². The van der Waals surface area contributed by atoms with Crippen molar-refractivity contribution in [2.45, 2.75) is 55.4 Å². The molecule has 0 unspecified atom stereocenters. The monoisotopic (exact) mass is 548 g/mol. The van der Waals surface area contributed by atoms with Crippen molar-refractivity contribution in [3.8, 4) is 17.6 Å². The molecule has 2 atom stereocenters. The number of hydrogen-bond donors (Lipinski definition) is 3. The van der Waals surface area contributed by atoms with E-state index in [-0.39, 0.29) is 29.2 Å². The second kappa shape index (κ2) is 11.2. The molecule has 1 aliphatic rings. The van der Waals surface area contributed by atoms with Gasteiger partial charge in [0.2, 0.25) is 0 Å². The normalized spacial score (nSPS) is 18.1. The van der Waals surface area contributed by atoms with Gasteiger partial charge in [0.15, 0.2) is 9.84 Å². The van der Waals surface area contributed by atoms with E-state index in [0.29, 0.717) is 22.3 Å². The predicted octanol–water partition coefficient (Wildman–Crippen LogP) is 4.76. The van der Waals surface area contributed by atoms with Crippen molar-refractivity contribution >= 4 is 32.1 Å². The first-order valence-corrected chi connectivity index (χ1v) is 14.2. The van der Waals surface area contributed by atoms with Gasteiger partial charge in [0.1, 0.15) is 12.3 Å². The van der Waals surface area contributed by atoms with Crippen LogP contribution in [-0.2, 0) is 16.4 Å². The maximum absolute atomic E-state index is 13.5. The minimum Gasteiger partial charge on any atom is -0.495 e. The molecule has 1 aliphatic carbocycles. The Morgan fingerprint density at radius 2 is 1.95 bits per heavy atom. The van der Waals surface area contributed by atoms with Gasteiger partial charge in [-0.1, -0.05) is 12.0 Å². The van der Waals surface area contributed by atoms with Crippen molar-refractivity contribution in [2.24, 2.45) is 5.73 Å². The van der Waals surface area contributed by atoms with Gasteiger partial charge >= 0.3 is 6.18 Å². The van der Waals surface area contributed by atoms with Crippen molar-refractivity contribution in [3.05, 3.63) is 48.2 Å².